The van der Waals surface area contributed by atoms with Crippen molar-refractivity contribution < 1.29 is 14.7 Å². The summed E-state index contributed by atoms with van der Waals surface area (Å²) in [6, 6.07) is 5.08. The van der Waals surface area contributed by atoms with Crippen molar-refractivity contribution in [1.29, 1.82) is 0 Å². The Morgan fingerprint density at radius 2 is 2.05 bits per heavy atom. The van der Waals surface area contributed by atoms with Crippen molar-refractivity contribution in [2.24, 2.45) is 0 Å². The number of carbonyl (C=O) groups excluding carboxylic acids is 1. The van der Waals surface area contributed by atoms with E-state index in [1.54, 1.807) is 23.1 Å². The van der Waals surface area contributed by atoms with Gasteiger partial charge in [-0.25, -0.2) is 4.79 Å². The molecule has 0 atom stereocenters. The van der Waals surface area contributed by atoms with E-state index in [1.807, 2.05) is 20.8 Å². The van der Waals surface area contributed by atoms with Crippen LogP contribution in [0.5, 0.6) is 0 Å². The van der Waals surface area contributed by atoms with Gasteiger partial charge in [-0.05, 0) is 39.0 Å². The highest BCUT2D eigenvalue weighted by molar-refractivity contribution is 9.10. The third kappa shape index (κ3) is 4.52. The minimum Gasteiger partial charge on any atom is -0.478 e. The fourth-order valence-corrected chi connectivity index (χ4v) is 2.22. The Morgan fingerprint density at radius 1 is 1.40 bits per heavy atom. The first-order valence-electron chi connectivity index (χ1n) is 6.42. The van der Waals surface area contributed by atoms with Crippen LogP contribution in [-0.4, -0.2) is 36.1 Å². The Hall–Kier alpha value is -1.56. The van der Waals surface area contributed by atoms with Crippen LogP contribution in [0.15, 0.2) is 22.7 Å². The summed E-state index contributed by atoms with van der Waals surface area (Å²) < 4.78 is 0.696. The van der Waals surface area contributed by atoms with Crippen LogP contribution in [0, 0.1) is 0 Å². The van der Waals surface area contributed by atoms with Crippen molar-refractivity contribution in [3.05, 3.63) is 28.2 Å². The third-order valence-corrected chi connectivity index (χ3v) is 3.19. The summed E-state index contributed by atoms with van der Waals surface area (Å²) in [5.74, 6) is -1.13. The normalized spacial score (nSPS) is 10.4. The first kappa shape index (κ1) is 16.5. The van der Waals surface area contributed by atoms with E-state index in [0.29, 0.717) is 16.7 Å². The molecule has 5 nitrogen and oxygen atoms in total. The molecule has 110 valence electrons. The molecule has 0 saturated carbocycles. The number of benzene rings is 1. The molecule has 6 heteroatoms. The number of halogens is 1. The molecule has 0 aliphatic heterocycles. The zero-order valence-corrected chi connectivity index (χ0v) is 13.4. The van der Waals surface area contributed by atoms with Crippen LogP contribution in [0.3, 0.4) is 0 Å². The molecule has 2 N–H and O–H groups in total. The lowest BCUT2D eigenvalue weighted by atomic mass is 10.1. The predicted molar refractivity (Wildman–Crippen MR) is 82.3 cm³/mol. The average molecular weight is 343 g/mol. The lowest BCUT2D eigenvalue weighted by molar-refractivity contribution is -0.120. The largest absolute Gasteiger partial charge is 0.478 e. The molecule has 0 radical (unpaired) electrons. The molecule has 0 aromatic heterocycles. The van der Waals surface area contributed by atoms with Crippen molar-refractivity contribution in [3.8, 4) is 0 Å². The molecule has 0 aliphatic carbocycles. The van der Waals surface area contributed by atoms with Crippen molar-refractivity contribution in [1.82, 2.24) is 5.32 Å². The molecule has 0 bridgehead atoms. The van der Waals surface area contributed by atoms with Crippen LogP contribution in [0.4, 0.5) is 5.69 Å². The van der Waals surface area contributed by atoms with Gasteiger partial charge < -0.3 is 15.3 Å². The number of carbonyl (C=O) groups is 2. The van der Waals surface area contributed by atoms with E-state index >= 15 is 0 Å². The van der Waals surface area contributed by atoms with Gasteiger partial charge in [0, 0.05) is 17.1 Å². The minimum absolute atomic E-state index is 0.0602. The maximum atomic E-state index is 11.8. The molecule has 1 amide bonds. The van der Waals surface area contributed by atoms with E-state index in [9.17, 15) is 14.7 Å². The minimum atomic E-state index is -1.01. The fourth-order valence-electron chi connectivity index (χ4n) is 1.86. The van der Waals surface area contributed by atoms with Gasteiger partial charge in [0.15, 0.2) is 0 Å². The Balaban J connectivity index is 3.00. The number of carboxylic acids is 1. The van der Waals surface area contributed by atoms with Gasteiger partial charge in [-0.3, -0.25) is 4.79 Å². The second-order valence-electron chi connectivity index (χ2n) is 4.70. The maximum Gasteiger partial charge on any atom is 0.337 e. The van der Waals surface area contributed by atoms with E-state index in [0.717, 1.165) is 0 Å². The average Bonchev–Trinajstić information content (AvgIpc) is 2.35. The maximum absolute atomic E-state index is 11.8. The van der Waals surface area contributed by atoms with Gasteiger partial charge in [-0.1, -0.05) is 15.9 Å². The van der Waals surface area contributed by atoms with Gasteiger partial charge >= 0.3 is 5.97 Å². The van der Waals surface area contributed by atoms with Gasteiger partial charge in [-0.15, -0.1) is 0 Å². The van der Waals surface area contributed by atoms with E-state index in [1.165, 1.54) is 0 Å². The fraction of sp³-hybridized carbons (Fsp3) is 0.429. The van der Waals surface area contributed by atoms with Crippen LogP contribution in [-0.2, 0) is 4.79 Å². The standard InChI is InChI=1S/C14H19BrN2O3/c1-4-17(8-13(18)16-9(2)3)12-6-5-10(15)7-11(12)14(19)20/h5-7,9H,4,8H2,1-3H3,(H,16,18)(H,19,20). The first-order valence-corrected chi connectivity index (χ1v) is 7.21. The van der Waals surface area contributed by atoms with Crippen molar-refractivity contribution in [2.45, 2.75) is 26.8 Å². The molecular formula is C14H19BrN2O3. The summed E-state index contributed by atoms with van der Waals surface area (Å²) in [4.78, 5) is 24.9. The summed E-state index contributed by atoms with van der Waals surface area (Å²) in [6.45, 7) is 6.34. The number of nitrogens with one attached hydrogen (secondary N) is 1. The summed E-state index contributed by atoms with van der Waals surface area (Å²) in [5.41, 5.74) is 0.723. The van der Waals surface area contributed by atoms with E-state index in [2.05, 4.69) is 21.2 Å². The summed E-state index contributed by atoms with van der Waals surface area (Å²) in [5, 5.41) is 12.1. The smallest absolute Gasteiger partial charge is 0.337 e. The van der Waals surface area contributed by atoms with Gasteiger partial charge in [0.1, 0.15) is 0 Å². The number of likely N-dealkylation sites (N-methyl/N-ethyl adjacent to an activating group) is 1. The molecule has 0 heterocycles. The molecule has 0 aliphatic rings. The third-order valence-electron chi connectivity index (χ3n) is 2.70. The predicted octanol–water partition coefficient (Wildman–Crippen LogP) is 2.50. The van der Waals surface area contributed by atoms with E-state index < -0.39 is 5.97 Å². The zero-order valence-electron chi connectivity index (χ0n) is 11.8. The van der Waals surface area contributed by atoms with E-state index in [-0.39, 0.29) is 24.1 Å². The molecule has 0 spiro atoms. The number of anilines is 1. The topological polar surface area (TPSA) is 69.6 Å². The van der Waals surface area contributed by atoms with Gasteiger partial charge in [0.25, 0.3) is 0 Å². The lowest BCUT2D eigenvalue weighted by Crippen LogP contribution is -2.40. The molecular weight excluding hydrogens is 324 g/mol. The molecule has 1 rings (SSSR count). The molecule has 0 saturated heterocycles. The number of nitrogens with zero attached hydrogens (tertiary/aromatic N) is 1. The summed E-state index contributed by atoms with van der Waals surface area (Å²) >= 11 is 3.26. The van der Waals surface area contributed by atoms with Crippen molar-refractivity contribution in [3.63, 3.8) is 0 Å². The lowest BCUT2D eigenvalue weighted by Gasteiger charge is -2.24. The Morgan fingerprint density at radius 3 is 2.55 bits per heavy atom. The Kier molecular flexibility index (Phi) is 6.01. The number of carboxylic acid groups (broad SMARTS) is 1. The summed E-state index contributed by atoms with van der Waals surface area (Å²) in [6.07, 6.45) is 0. The monoisotopic (exact) mass is 342 g/mol. The molecule has 1 aromatic rings. The highest BCUT2D eigenvalue weighted by Gasteiger charge is 2.18. The quantitative estimate of drug-likeness (QED) is 0.833. The Bertz CT molecular complexity index is 503. The number of aromatic carboxylic acids is 1. The zero-order chi connectivity index (χ0) is 15.3. The number of rotatable bonds is 6. The highest BCUT2D eigenvalue weighted by Crippen LogP contribution is 2.24. The number of hydrogen-bond donors (Lipinski definition) is 2. The van der Waals surface area contributed by atoms with Crippen LogP contribution in [0.1, 0.15) is 31.1 Å². The SMILES string of the molecule is CCN(CC(=O)NC(C)C)c1ccc(Br)cc1C(=O)O. The summed E-state index contributed by atoms with van der Waals surface area (Å²) in [7, 11) is 0. The number of amides is 1. The number of hydrogen-bond acceptors (Lipinski definition) is 3. The van der Waals surface area contributed by atoms with Gasteiger partial charge in [0.2, 0.25) is 5.91 Å². The van der Waals surface area contributed by atoms with E-state index in [4.69, 9.17) is 0 Å². The van der Waals surface area contributed by atoms with Gasteiger partial charge in [0.05, 0.1) is 17.8 Å². The van der Waals surface area contributed by atoms with Crippen molar-refractivity contribution >= 4 is 33.5 Å². The molecule has 20 heavy (non-hydrogen) atoms. The Labute approximate surface area is 127 Å². The second kappa shape index (κ2) is 7.28. The molecule has 1 aromatic carbocycles. The first-order chi connectivity index (χ1) is 9.35. The highest BCUT2D eigenvalue weighted by atomic mass is 79.9. The van der Waals surface area contributed by atoms with Crippen LogP contribution in [0.25, 0.3) is 0 Å². The molecule has 0 unspecified atom stereocenters. The van der Waals surface area contributed by atoms with Crippen LogP contribution in [0.2, 0.25) is 0 Å². The second-order valence-corrected chi connectivity index (χ2v) is 5.62. The van der Waals surface area contributed by atoms with Crippen LogP contribution < -0.4 is 10.2 Å². The molecule has 0 fully saturated rings. The van der Waals surface area contributed by atoms with Gasteiger partial charge in [-0.2, -0.15) is 0 Å². The van der Waals surface area contributed by atoms with Crippen LogP contribution >= 0.6 is 15.9 Å². The van der Waals surface area contributed by atoms with Crippen molar-refractivity contribution in [2.75, 3.05) is 18.0 Å².